The molecule has 3 aliphatic rings. The standard InChI is InChI=1S/C24H24Br2ClN3O2/c25-15-7-14-2-1-13-8-16(27)9-19(26)20(13)21(22(14)29-11-15)12-3-5-30(6-4-12)24(32)18-10-17(18)23(28)31/h7-9,11-12,17-18,21H,1-6,10H2,(H2,28,31)/t17-,18?,21-/m1/s1. The number of pyridine rings is 1. The van der Waals surface area contributed by atoms with Crippen molar-refractivity contribution in [1.29, 1.82) is 0 Å². The Hall–Kier alpha value is -1.44. The quantitative estimate of drug-likeness (QED) is 0.563. The number of primary amides is 1. The Balaban J connectivity index is 1.43. The molecule has 5 rings (SSSR count). The Morgan fingerprint density at radius 3 is 2.47 bits per heavy atom. The summed E-state index contributed by atoms with van der Waals surface area (Å²) in [4.78, 5) is 31.0. The number of carbonyl (C=O) groups is 2. The number of hydrogen-bond acceptors (Lipinski definition) is 3. The van der Waals surface area contributed by atoms with E-state index in [-0.39, 0.29) is 29.6 Å². The van der Waals surface area contributed by atoms with Crippen LogP contribution in [0.2, 0.25) is 5.02 Å². The van der Waals surface area contributed by atoms with Crippen molar-refractivity contribution in [3.05, 3.63) is 60.7 Å². The van der Waals surface area contributed by atoms with Crippen LogP contribution in [0.5, 0.6) is 0 Å². The summed E-state index contributed by atoms with van der Waals surface area (Å²) >= 11 is 13.8. The Bertz CT molecular complexity index is 1100. The van der Waals surface area contributed by atoms with Gasteiger partial charge in [0.05, 0.1) is 17.5 Å². The van der Waals surface area contributed by atoms with Crippen LogP contribution in [0.3, 0.4) is 0 Å². The third kappa shape index (κ3) is 4.12. The van der Waals surface area contributed by atoms with Gasteiger partial charge in [-0.3, -0.25) is 14.6 Å². The average molecular weight is 582 g/mol. The molecule has 1 saturated carbocycles. The number of aryl methyl sites for hydroxylation is 2. The number of nitrogens with zero attached hydrogens (tertiary/aromatic N) is 2. The minimum Gasteiger partial charge on any atom is -0.369 e. The van der Waals surface area contributed by atoms with E-state index < -0.39 is 0 Å². The van der Waals surface area contributed by atoms with Gasteiger partial charge >= 0.3 is 0 Å². The zero-order valence-electron chi connectivity index (χ0n) is 17.5. The molecule has 32 heavy (non-hydrogen) atoms. The second-order valence-electron chi connectivity index (χ2n) is 9.15. The minimum atomic E-state index is -0.356. The Morgan fingerprint density at radius 1 is 1.06 bits per heavy atom. The molecule has 2 aromatic rings. The van der Waals surface area contributed by atoms with Gasteiger partial charge in [0.25, 0.3) is 0 Å². The molecule has 1 saturated heterocycles. The predicted molar refractivity (Wildman–Crippen MR) is 130 cm³/mol. The molecule has 1 aromatic heterocycles. The van der Waals surface area contributed by atoms with E-state index in [4.69, 9.17) is 22.3 Å². The summed E-state index contributed by atoms with van der Waals surface area (Å²) in [7, 11) is 0. The number of piperidine rings is 1. The summed E-state index contributed by atoms with van der Waals surface area (Å²) in [5, 5.41) is 0.739. The van der Waals surface area contributed by atoms with E-state index in [2.05, 4.69) is 44.0 Å². The lowest BCUT2D eigenvalue weighted by Crippen LogP contribution is -2.41. The van der Waals surface area contributed by atoms with E-state index in [0.717, 1.165) is 45.3 Å². The first kappa shape index (κ1) is 22.4. The molecule has 2 N–H and O–H groups in total. The normalized spacial score (nSPS) is 25.0. The Morgan fingerprint density at radius 2 is 1.78 bits per heavy atom. The van der Waals surface area contributed by atoms with Crippen LogP contribution in [-0.4, -0.2) is 34.8 Å². The van der Waals surface area contributed by atoms with Crippen molar-refractivity contribution in [2.24, 2.45) is 23.5 Å². The predicted octanol–water partition coefficient (Wildman–Crippen LogP) is 4.85. The van der Waals surface area contributed by atoms with E-state index in [1.54, 1.807) is 0 Å². The van der Waals surface area contributed by atoms with Crippen molar-refractivity contribution in [1.82, 2.24) is 9.88 Å². The highest BCUT2D eigenvalue weighted by Crippen LogP contribution is 2.47. The van der Waals surface area contributed by atoms with Gasteiger partial charge in [0.15, 0.2) is 0 Å². The Kier molecular flexibility index (Phi) is 6.10. The van der Waals surface area contributed by atoms with Crippen LogP contribution in [0.15, 0.2) is 33.3 Å². The van der Waals surface area contributed by atoms with E-state index in [1.807, 2.05) is 17.2 Å². The molecule has 5 nitrogen and oxygen atoms in total. The molecule has 1 unspecified atom stereocenters. The first-order chi connectivity index (χ1) is 15.3. The molecular weight excluding hydrogens is 558 g/mol. The van der Waals surface area contributed by atoms with E-state index in [9.17, 15) is 9.59 Å². The number of amides is 2. The van der Waals surface area contributed by atoms with Gasteiger partial charge in [-0.05, 0) is 88.8 Å². The third-order valence-electron chi connectivity index (χ3n) is 7.21. The van der Waals surface area contributed by atoms with Crippen molar-refractivity contribution >= 4 is 55.3 Å². The van der Waals surface area contributed by atoms with Gasteiger partial charge in [-0.25, -0.2) is 0 Å². The van der Waals surface area contributed by atoms with Crippen LogP contribution >= 0.6 is 43.5 Å². The molecule has 2 fully saturated rings. The second-order valence-corrected chi connectivity index (χ2v) is 11.4. The topological polar surface area (TPSA) is 76.3 Å². The highest BCUT2D eigenvalue weighted by molar-refractivity contribution is 9.10. The number of hydrogen-bond donors (Lipinski definition) is 1. The molecule has 0 bridgehead atoms. The van der Waals surface area contributed by atoms with Gasteiger partial charge in [-0.2, -0.15) is 0 Å². The maximum absolute atomic E-state index is 12.8. The molecule has 168 valence electrons. The van der Waals surface area contributed by atoms with Gasteiger partial charge in [0.1, 0.15) is 0 Å². The van der Waals surface area contributed by atoms with E-state index in [0.29, 0.717) is 25.4 Å². The first-order valence-electron chi connectivity index (χ1n) is 11.0. The second kappa shape index (κ2) is 8.73. The van der Waals surface area contributed by atoms with Crippen LogP contribution in [-0.2, 0) is 22.4 Å². The highest BCUT2D eigenvalue weighted by Gasteiger charge is 2.49. The fourth-order valence-electron chi connectivity index (χ4n) is 5.50. The number of halogens is 3. The maximum atomic E-state index is 12.8. The van der Waals surface area contributed by atoms with E-state index in [1.165, 1.54) is 16.7 Å². The number of aromatic nitrogens is 1. The largest absolute Gasteiger partial charge is 0.369 e. The summed E-state index contributed by atoms with van der Waals surface area (Å²) in [6, 6.07) is 6.25. The van der Waals surface area contributed by atoms with Gasteiger partial charge in [-0.1, -0.05) is 27.5 Å². The monoisotopic (exact) mass is 579 g/mol. The average Bonchev–Trinajstić information content (AvgIpc) is 3.57. The molecule has 1 aromatic carbocycles. The van der Waals surface area contributed by atoms with Gasteiger partial charge in [0, 0.05) is 39.2 Å². The zero-order valence-corrected chi connectivity index (χ0v) is 21.4. The van der Waals surface area contributed by atoms with Crippen LogP contribution < -0.4 is 5.73 Å². The van der Waals surface area contributed by atoms with Crippen LogP contribution in [0.1, 0.15) is 47.6 Å². The summed E-state index contributed by atoms with van der Waals surface area (Å²) in [5.41, 5.74) is 10.3. The molecule has 8 heteroatoms. The van der Waals surface area contributed by atoms with Crippen molar-refractivity contribution in [2.45, 2.75) is 38.0 Å². The number of benzene rings is 1. The number of carbonyl (C=O) groups excluding carboxylic acids is 2. The molecule has 1 aliphatic heterocycles. The highest BCUT2D eigenvalue weighted by atomic mass is 79.9. The fraction of sp³-hybridized carbons (Fsp3) is 0.458. The molecule has 2 amide bonds. The molecular formula is C24H24Br2ClN3O2. The SMILES string of the molecule is NC(=O)[C@@H]1CC1C(=O)N1CCC([C@H]2c3ncc(Br)cc3CCc3cc(Cl)cc(Br)c32)CC1. The molecule has 3 atom stereocenters. The number of likely N-dealkylation sites (tertiary alicyclic amines) is 1. The first-order valence-corrected chi connectivity index (χ1v) is 13.0. The summed E-state index contributed by atoms with van der Waals surface area (Å²) < 4.78 is 2.02. The number of fused-ring (bicyclic) bond motifs is 2. The fourth-order valence-corrected chi connectivity index (χ4v) is 7.00. The summed E-state index contributed by atoms with van der Waals surface area (Å²) in [5.74, 6) is -0.233. The minimum absolute atomic E-state index is 0.0870. The lowest BCUT2D eigenvalue weighted by atomic mass is 9.76. The summed E-state index contributed by atoms with van der Waals surface area (Å²) in [6.07, 6.45) is 6.13. The van der Waals surface area contributed by atoms with Crippen LogP contribution in [0.4, 0.5) is 0 Å². The molecule has 0 radical (unpaired) electrons. The van der Waals surface area contributed by atoms with Gasteiger partial charge in [0.2, 0.25) is 11.8 Å². The van der Waals surface area contributed by atoms with Crippen molar-refractivity contribution in [3.63, 3.8) is 0 Å². The lowest BCUT2D eigenvalue weighted by molar-refractivity contribution is -0.135. The van der Waals surface area contributed by atoms with Crippen molar-refractivity contribution in [3.8, 4) is 0 Å². The third-order valence-corrected chi connectivity index (χ3v) is 8.52. The van der Waals surface area contributed by atoms with Crippen LogP contribution in [0.25, 0.3) is 0 Å². The molecule has 0 spiro atoms. The van der Waals surface area contributed by atoms with Gasteiger partial charge < -0.3 is 10.6 Å². The molecule has 2 aliphatic carbocycles. The Labute approximate surface area is 209 Å². The van der Waals surface area contributed by atoms with E-state index >= 15 is 0 Å². The summed E-state index contributed by atoms with van der Waals surface area (Å²) in [6.45, 7) is 1.41. The molecule has 2 heterocycles. The number of rotatable bonds is 3. The maximum Gasteiger partial charge on any atom is 0.226 e. The van der Waals surface area contributed by atoms with Gasteiger partial charge in [-0.15, -0.1) is 0 Å². The van der Waals surface area contributed by atoms with Crippen molar-refractivity contribution in [2.75, 3.05) is 13.1 Å². The lowest BCUT2D eigenvalue weighted by Gasteiger charge is -2.37. The number of nitrogens with two attached hydrogens (primary N) is 1. The van der Waals surface area contributed by atoms with Crippen molar-refractivity contribution < 1.29 is 9.59 Å². The van der Waals surface area contributed by atoms with Crippen LogP contribution in [0, 0.1) is 17.8 Å². The smallest absolute Gasteiger partial charge is 0.226 e. The zero-order chi connectivity index (χ0) is 22.6.